The molecule has 2 heterocycles. The topological polar surface area (TPSA) is 26.3 Å². The summed E-state index contributed by atoms with van der Waals surface area (Å²) in [5.41, 5.74) is 21.9. The Balaban J connectivity index is 0.00000275. The first-order valence-electron chi connectivity index (χ1n) is 19.8. The van der Waals surface area contributed by atoms with Crippen LogP contribution in [0.2, 0.25) is 0 Å². The van der Waals surface area contributed by atoms with Crippen LogP contribution in [0, 0.1) is 41.5 Å². The van der Waals surface area contributed by atoms with Gasteiger partial charge >= 0.3 is 342 Å². The van der Waals surface area contributed by atoms with Gasteiger partial charge in [-0.3, -0.25) is 0 Å². The molecule has 292 valence electrons. The summed E-state index contributed by atoms with van der Waals surface area (Å²) < 4.78 is 13.6. The minimum absolute atomic E-state index is 0. The molecule has 0 radical (unpaired) electrons. The van der Waals surface area contributed by atoms with Gasteiger partial charge in [0.2, 0.25) is 0 Å². The van der Waals surface area contributed by atoms with E-state index in [1.165, 1.54) is 89.0 Å². The first kappa shape index (κ1) is 43.0. The number of halogens is 2. The van der Waals surface area contributed by atoms with Crippen molar-refractivity contribution in [2.45, 2.75) is 101 Å². The van der Waals surface area contributed by atoms with Crippen LogP contribution >= 0.6 is 0 Å². The maximum atomic E-state index is 6.51. The Kier molecular flexibility index (Phi) is 12.0. The van der Waals surface area contributed by atoms with Crippen LogP contribution in [-0.4, -0.2) is 0 Å². The Morgan fingerprint density at radius 1 is 0.474 bits per heavy atom. The van der Waals surface area contributed by atoms with E-state index in [-0.39, 0.29) is 35.6 Å². The Morgan fingerprint density at radius 3 is 1.12 bits per heavy atom. The van der Waals surface area contributed by atoms with E-state index < -0.39 is 23.2 Å². The number of benzene rings is 4. The largest absolute Gasteiger partial charge is 1.00 e. The third kappa shape index (κ3) is 7.82. The first-order valence-corrected chi connectivity index (χ1v) is 22.7. The normalized spacial score (nSPS) is 15.9. The maximum Gasteiger partial charge on any atom is -1.00 e. The molecule has 0 N–H and O–H groups in total. The first-order chi connectivity index (χ1) is 26.0. The van der Waals surface area contributed by atoms with Gasteiger partial charge in [0, 0.05) is 0 Å². The number of hydrogen-bond donors (Lipinski definition) is 0. The molecule has 0 saturated carbocycles. The van der Waals surface area contributed by atoms with E-state index in [1.807, 2.05) is 0 Å². The zero-order valence-corrected chi connectivity index (χ0v) is 39.4. The molecule has 5 heteroatoms. The molecule has 57 heavy (non-hydrogen) atoms. The molecule has 2 nitrogen and oxygen atoms in total. The summed E-state index contributed by atoms with van der Waals surface area (Å²) >= 11 is -1.39. The second-order valence-electron chi connectivity index (χ2n) is 18.1. The van der Waals surface area contributed by atoms with Gasteiger partial charge in [0.1, 0.15) is 0 Å². The van der Waals surface area contributed by atoms with Crippen molar-refractivity contribution in [2.75, 3.05) is 0 Å². The van der Waals surface area contributed by atoms with Gasteiger partial charge in [0.05, 0.1) is 0 Å². The van der Waals surface area contributed by atoms with Gasteiger partial charge in [-0.25, -0.2) is 0 Å². The monoisotopic (exact) mass is 870 g/mol. The van der Waals surface area contributed by atoms with Gasteiger partial charge < -0.3 is 24.8 Å². The molecule has 4 aromatic carbocycles. The molecule has 2 aromatic heterocycles. The summed E-state index contributed by atoms with van der Waals surface area (Å²) in [7, 11) is 0. The fourth-order valence-corrected chi connectivity index (χ4v) is 13.5. The Bertz CT molecular complexity index is 2350. The molecule has 2 aliphatic rings. The number of aryl methyl sites for hydroxylation is 4. The minimum Gasteiger partial charge on any atom is -1.00 e. The fourth-order valence-electron chi connectivity index (χ4n) is 8.68. The zero-order chi connectivity index (χ0) is 39.1. The summed E-state index contributed by atoms with van der Waals surface area (Å²) in [5.74, 6) is 3.90. The summed E-state index contributed by atoms with van der Waals surface area (Å²) in [6.45, 7) is 27.0. The van der Waals surface area contributed by atoms with Crippen molar-refractivity contribution in [1.29, 1.82) is 0 Å². The number of fused-ring (bicyclic) bond motifs is 2. The number of furan rings is 2. The van der Waals surface area contributed by atoms with Crippen LogP contribution in [0.1, 0.15) is 127 Å². The molecular weight excluding hydrogens is 819 g/mol. The summed E-state index contributed by atoms with van der Waals surface area (Å²) in [5, 5.41) is 0. The number of hydrogen-bond acceptors (Lipinski definition) is 2. The van der Waals surface area contributed by atoms with Gasteiger partial charge in [-0.15, -0.1) is 0 Å². The molecule has 0 bridgehead atoms. The van der Waals surface area contributed by atoms with E-state index in [0.29, 0.717) is 7.25 Å². The van der Waals surface area contributed by atoms with Gasteiger partial charge in [-0.2, -0.15) is 0 Å². The van der Waals surface area contributed by atoms with Crippen molar-refractivity contribution >= 4 is 23.3 Å². The summed E-state index contributed by atoms with van der Waals surface area (Å²) in [4.78, 5) is 0. The standard InChI is InChI=1S/2C26H27O.2ClH.Zr/c2*1-16-13-20-14-21(24-12-7-17(2)27-24)15-23(20)25(18(16)3)19-8-10-22(11-9-19)26(4,5)6;;;/h2*7-15H,1-6H3;2*1H;/q;;;;+2/p-2. The molecular formula is C52H54Cl2O2Zr. The third-order valence-corrected chi connectivity index (χ3v) is 16.8. The minimum atomic E-state index is -1.39. The molecule has 0 saturated heterocycles. The molecule has 0 amide bonds. The van der Waals surface area contributed by atoms with Gasteiger partial charge in [0.25, 0.3) is 0 Å². The second kappa shape index (κ2) is 15.9. The zero-order valence-electron chi connectivity index (χ0n) is 35.5. The number of allylic oxidation sites excluding steroid dienone is 2. The molecule has 0 fully saturated rings. The van der Waals surface area contributed by atoms with Crippen LogP contribution in [-0.2, 0) is 34.1 Å². The van der Waals surface area contributed by atoms with Crippen molar-refractivity contribution in [3.05, 3.63) is 164 Å². The Labute approximate surface area is 364 Å². The molecule has 0 aliphatic heterocycles. The average molecular weight is 873 g/mol. The molecule has 0 spiro atoms. The van der Waals surface area contributed by atoms with Gasteiger partial charge in [-0.1, -0.05) is 0 Å². The van der Waals surface area contributed by atoms with Crippen LogP contribution in [0.3, 0.4) is 0 Å². The molecule has 8 rings (SSSR count). The van der Waals surface area contributed by atoms with E-state index in [4.69, 9.17) is 8.83 Å². The van der Waals surface area contributed by atoms with Crippen molar-refractivity contribution in [3.63, 3.8) is 0 Å². The van der Waals surface area contributed by atoms with Gasteiger partial charge in [0.15, 0.2) is 0 Å². The van der Waals surface area contributed by atoms with Crippen LogP contribution in [0.25, 0.3) is 45.6 Å². The molecule has 2 unspecified atom stereocenters. The van der Waals surface area contributed by atoms with E-state index in [2.05, 4.69) is 180 Å². The molecule has 6 aromatic rings. The van der Waals surface area contributed by atoms with Crippen LogP contribution in [0.4, 0.5) is 0 Å². The predicted octanol–water partition coefficient (Wildman–Crippen LogP) is 8.63. The Hall–Kier alpha value is -3.62. The number of rotatable bonds is 6. The summed E-state index contributed by atoms with van der Waals surface area (Å²) in [6, 6.07) is 32.3. The third-order valence-electron chi connectivity index (χ3n) is 12.1. The van der Waals surface area contributed by atoms with Crippen molar-refractivity contribution in [2.24, 2.45) is 0 Å². The predicted molar refractivity (Wildman–Crippen MR) is 228 cm³/mol. The van der Waals surface area contributed by atoms with Crippen LogP contribution in [0.5, 0.6) is 0 Å². The van der Waals surface area contributed by atoms with Crippen molar-refractivity contribution < 1.29 is 56.9 Å². The Morgan fingerprint density at radius 2 is 0.825 bits per heavy atom. The van der Waals surface area contributed by atoms with E-state index in [1.54, 1.807) is 0 Å². The van der Waals surface area contributed by atoms with Crippen LogP contribution < -0.4 is 24.8 Å². The smallest absolute Gasteiger partial charge is 1.00 e. The molecule has 2 atom stereocenters. The van der Waals surface area contributed by atoms with Crippen molar-refractivity contribution in [3.8, 4) is 22.3 Å². The fraction of sp³-hybridized carbons (Fsp3) is 0.308. The van der Waals surface area contributed by atoms with E-state index >= 15 is 0 Å². The van der Waals surface area contributed by atoms with E-state index in [0.717, 1.165) is 23.0 Å². The SMILES string of the molecule is Cc1ccc(C2=Cc3c(cc(C)c(C)c3-c3ccc(C(C)(C)C)cc3)[CH]2[Zr+2][CH]2C(c3ccc(C)o3)=Cc3c2cc(C)c(C)c3-c2ccc(C(C)(C)C)cc2)o1.[Cl-].[Cl-]. The maximum absolute atomic E-state index is 6.51. The van der Waals surface area contributed by atoms with Crippen molar-refractivity contribution in [1.82, 2.24) is 0 Å². The second-order valence-corrected chi connectivity index (χ2v) is 21.8. The van der Waals surface area contributed by atoms with E-state index in [9.17, 15) is 0 Å². The van der Waals surface area contributed by atoms with Crippen LogP contribution in [0.15, 0.2) is 93.8 Å². The molecule has 2 aliphatic carbocycles. The average Bonchev–Trinajstić information content (AvgIpc) is 3.92. The summed E-state index contributed by atoms with van der Waals surface area (Å²) in [6.07, 6.45) is 4.97. The van der Waals surface area contributed by atoms with Gasteiger partial charge in [-0.05, 0) is 0 Å². The quantitative estimate of drug-likeness (QED) is 0.168.